The number of rotatable bonds is 0. The van der Waals surface area contributed by atoms with Crippen LogP contribution in [0.15, 0.2) is 0 Å². The quantitative estimate of drug-likeness (QED) is 0.480. The van der Waals surface area contributed by atoms with E-state index >= 15 is 0 Å². The van der Waals surface area contributed by atoms with Crippen molar-refractivity contribution in [1.29, 1.82) is 0 Å². The summed E-state index contributed by atoms with van der Waals surface area (Å²) in [6.07, 6.45) is 3.12. The molecule has 2 bridgehead atoms. The van der Waals surface area contributed by atoms with Crippen LogP contribution in [-0.2, 0) is 0 Å². The van der Waals surface area contributed by atoms with Crippen LogP contribution in [0.3, 0.4) is 0 Å². The van der Waals surface area contributed by atoms with Crippen molar-refractivity contribution in [1.82, 2.24) is 0 Å². The lowest BCUT2D eigenvalue weighted by molar-refractivity contribution is -0.00206. The molecule has 0 saturated heterocycles. The van der Waals surface area contributed by atoms with E-state index in [9.17, 15) is 0 Å². The molecule has 0 radical (unpaired) electrons. The molecule has 0 aliphatic heterocycles. The van der Waals surface area contributed by atoms with E-state index in [4.69, 9.17) is 0 Å². The number of hydrogen-bond acceptors (Lipinski definition) is 0. The van der Waals surface area contributed by atoms with E-state index in [0.29, 0.717) is 0 Å². The molecule has 0 spiro atoms. The van der Waals surface area contributed by atoms with Gasteiger partial charge < -0.3 is 0 Å². The topological polar surface area (TPSA) is 0 Å². The van der Waals surface area contributed by atoms with Gasteiger partial charge in [0.05, 0.1) is 0 Å². The van der Waals surface area contributed by atoms with Gasteiger partial charge in [0.15, 0.2) is 0 Å². The zero-order valence-corrected chi connectivity index (χ0v) is 7.15. The molecule has 0 amide bonds. The fraction of sp³-hybridized carbons (Fsp3) is 1.00. The van der Waals surface area contributed by atoms with E-state index < -0.39 is 0 Å². The monoisotopic (exact) mass is 136 g/mol. The van der Waals surface area contributed by atoms with Crippen molar-refractivity contribution < 1.29 is 0 Å². The van der Waals surface area contributed by atoms with Crippen molar-refractivity contribution in [3.05, 3.63) is 0 Å². The summed E-state index contributed by atoms with van der Waals surface area (Å²) in [5.74, 6) is 3.35. The molecule has 0 aromatic rings. The molecular formula is C10H16. The van der Waals surface area contributed by atoms with Gasteiger partial charge in [0.1, 0.15) is 0 Å². The van der Waals surface area contributed by atoms with Gasteiger partial charge in [-0.15, -0.1) is 0 Å². The molecule has 0 nitrogen and oxygen atoms in total. The fourth-order valence-corrected chi connectivity index (χ4v) is 4.18. The van der Waals surface area contributed by atoms with Gasteiger partial charge in [-0.25, -0.2) is 0 Å². The minimum absolute atomic E-state index is 0.734. The maximum absolute atomic E-state index is 2.51. The molecule has 4 rings (SSSR count). The summed E-state index contributed by atoms with van der Waals surface area (Å²) in [6, 6.07) is 0. The predicted molar refractivity (Wildman–Crippen MR) is 41.6 cm³/mol. The highest BCUT2D eigenvalue weighted by Gasteiger charge is 2.77. The van der Waals surface area contributed by atoms with Gasteiger partial charge >= 0.3 is 0 Å². The minimum atomic E-state index is 0.734. The normalized spacial score (nSPS) is 66.9. The predicted octanol–water partition coefficient (Wildman–Crippen LogP) is 2.69. The molecule has 4 unspecified atom stereocenters. The van der Waals surface area contributed by atoms with Gasteiger partial charge in [-0.2, -0.15) is 0 Å². The van der Waals surface area contributed by atoms with E-state index in [0.717, 1.165) is 28.6 Å². The second kappa shape index (κ2) is 1.09. The smallest absolute Gasteiger partial charge is 0.0258 e. The lowest BCUT2D eigenvalue weighted by atomic mass is 9.56. The summed E-state index contributed by atoms with van der Waals surface area (Å²) in [7, 11) is 0. The molecule has 10 heavy (non-hydrogen) atoms. The molecule has 4 saturated carbocycles. The molecule has 0 aromatic carbocycles. The van der Waals surface area contributed by atoms with Gasteiger partial charge in [-0.3, -0.25) is 0 Å². The third-order valence-corrected chi connectivity index (χ3v) is 4.97. The van der Waals surface area contributed by atoms with Crippen LogP contribution in [0.1, 0.15) is 33.6 Å². The zero-order chi connectivity index (χ0) is 7.15. The van der Waals surface area contributed by atoms with Crippen molar-refractivity contribution in [2.24, 2.45) is 28.6 Å². The van der Waals surface area contributed by atoms with Crippen LogP contribution in [0, 0.1) is 28.6 Å². The Labute approximate surface area is 63.0 Å². The molecule has 0 heteroatoms. The zero-order valence-electron chi connectivity index (χ0n) is 7.15. The number of hydrogen-bond donors (Lipinski definition) is 0. The standard InChI is InChI=1S/C10H16/c1-9(2)6-4-8(9)10(3)5-7(6)10/h6-8H,4-5H2,1-3H3. The van der Waals surface area contributed by atoms with Crippen molar-refractivity contribution in [2.45, 2.75) is 33.6 Å². The van der Waals surface area contributed by atoms with E-state index in [-0.39, 0.29) is 0 Å². The van der Waals surface area contributed by atoms with Crippen LogP contribution < -0.4 is 0 Å². The van der Waals surface area contributed by atoms with Crippen molar-refractivity contribution in [2.75, 3.05) is 0 Å². The maximum Gasteiger partial charge on any atom is -0.0258 e. The summed E-state index contributed by atoms with van der Waals surface area (Å²) in [6.45, 7) is 7.46. The highest BCUT2D eigenvalue weighted by atomic mass is 14.8. The maximum atomic E-state index is 2.51. The molecule has 0 heterocycles. The first-order chi connectivity index (χ1) is 4.57. The molecule has 4 fully saturated rings. The largest absolute Gasteiger partial charge is 0.0593 e. The van der Waals surface area contributed by atoms with E-state index in [1.807, 2.05) is 0 Å². The fourth-order valence-electron chi connectivity index (χ4n) is 4.18. The van der Waals surface area contributed by atoms with Crippen molar-refractivity contribution in [3.8, 4) is 0 Å². The highest BCUT2D eigenvalue weighted by Crippen LogP contribution is 2.83. The van der Waals surface area contributed by atoms with Crippen molar-refractivity contribution in [3.63, 3.8) is 0 Å². The first-order valence-electron chi connectivity index (χ1n) is 4.57. The van der Waals surface area contributed by atoms with E-state index in [2.05, 4.69) is 20.8 Å². The first-order valence-corrected chi connectivity index (χ1v) is 4.57. The Balaban J connectivity index is 2.05. The molecular weight excluding hydrogens is 120 g/mol. The van der Waals surface area contributed by atoms with Gasteiger partial charge in [0.2, 0.25) is 0 Å². The summed E-state index contributed by atoms with van der Waals surface area (Å²) in [5.41, 5.74) is 1.56. The second-order valence-electron chi connectivity index (χ2n) is 5.53. The third-order valence-electron chi connectivity index (χ3n) is 4.97. The Kier molecular flexibility index (Phi) is 0.612. The Morgan fingerprint density at radius 3 is 2.00 bits per heavy atom. The Bertz CT molecular complexity index is 199. The van der Waals surface area contributed by atoms with Crippen LogP contribution in [0.2, 0.25) is 0 Å². The average molecular weight is 136 g/mol. The van der Waals surface area contributed by atoms with Crippen LogP contribution in [-0.4, -0.2) is 0 Å². The highest BCUT2D eigenvalue weighted by molar-refractivity contribution is 5.25. The summed E-state index contributed by atoms with van der Waals surface area (Å²) >= 11 is 0. The molecule has 56 valence electrons. The second-order valence-corrected chi connectivity index (χ2v) is 5.53. The summed E-state index contributed by atoms with van der Waals surface area (Å²) in [4.78, 5) is 0. The van der Waals surface area contributed by atoms with Crippen LogP contribution in [0.4, 0.5) is 0 Å². The molecule has 0 aromatic heterocycles. The SMILES string of the molecule is CC1(C)C2CC1C1(C)CC21. The van der Waals surface area contributed by atoms with E-state index in [1.54, 1.807) is 12.8 Å². The van der Waals surface area contributed by atoms with Gasteiger partial charge in [-0.1, -0.05) is 20.8 Å². The van der Waals surface area contributed by atoms with E-state index in [1.165, 1.54) is 0 Å². The third kappa shape index (κ3) is 0.320. The molecule has 0 N–H and O–H groups in total. The molecule has 4 aliphatic rings. The Hall–Kier alpha value is 0. The van der Waals surface area contributed by atoms with Crippen LogP contribution in [0.5, 0.6) is 0 Å². The van der Waals surface area contributed by atoms with Crippen molar-refractivity contribution >= 4 is 0 Å². The summed E-state index contributed by atoms with van der Waals surface area (Å²) < 4.78 is 0. The van der Waals surface area contributed by atoms with Gasteiger partial charge in [0, 0.05) is 0 Å². The van der Waals surface area contributed by atoms with Gasteiger partial charge in [0.25, 0.3) is 0 Å². The molecule has 4 aliphatic carbocycles. The van der Waals surface area contributed by atoms with Gasteiger partial charge in [-0.05, 0) is 41.4 Å². The lowest BCUT2D eigenvalue weighted by Crippen LogP contribution is -2.42. The Morgan fingerprint density at radius 2 is 1.80 bits per heavy atom. The summed E-state index contributed by atoms with van der Waals surface area (Å²) in [5, 5.41) is 0. The Morgan fingerprint density at radius 1 is 1.10 bits per heavy atom. The minimum Gasteiger partial charge on any atom is -0.0593 e. The van der Waals surface area contributed by atoms with Crippen LogP contribution in [0.25, 0.3) is 0 Å². The average Bonchev–Trinajstić information content (AvgIpc) is 2.29. The lowest BCUT2D eigenvalue weighted by Gasteiger charge is -2.49. The first kappa shape index (κ1) is 5.62. The molecule has 4 atom stereocenters. The van der Waals surface area contributed by atoms with Crippen LogP contribution >= 0.6 is 0 Å².